The number of rotatable bonds is 6. The molecule has 1 nitrogen and oxygen atoms in total. The maximum absolute atomic E-state index is 6.44. The van der Waals surface area contributed by atoms with Gasteiger partial charge in [-0.25, -0.2) is 0 Å². The molecule has 4 heteroatoms. The Morgan fingerprint density at radius 3 is 2.26 bits per heavy atom. The number of hydrogen-bond acceptors (Lipinski definition) is 1. The zero-order chi connectivity index (χ0) is 16.4. The second-order valence-corrected chi connectivity index (χ2v) is 7.77. The van der Waals surface area contributed by atoms with Crippen molar-refractivity contribution in [2.45, 2.75) is 38.1 Å². The Balaban J connectivity index is 1.50. The van der Waals surface area contributed by atoms with Crippen molar-refractivity contribution in [2.75, 3.05) is 6.54 Å². The first-order valence-corrected chi connectivity index (χ1v) is 9.05. The molecule has 2 aromatic rings. The molecule has 0 bridgehead atoms. The molecule has 1 N–H and O–H groups in total. The maximum atomic E-state index is 6.44. The SMILES string of the molecule is CC1(c2ccc(CNCCc3ccc(Cl)c(Cl)c3)cc2Cl)CC1. The smallest absolute Gasteiger partial charge is 0.0595 e. The molecule has 1 saturated carbocycles. The lowest BCUT2D eigenvalue weighted by Gasteiger charge is -2.13. The summed E-state index contributed by atoms with van der Waals surface area (Å²) in [5.74, 6) is 0. The van der Waals surface area contributed by atoms with Crippen molar-refractivity contribution in [1.29, 1.82) is 0 Å². The van der Waals surface area contributed by atoms with Gasteiger partial charge in [-0.2, -0.15) is 0 Å². The van der Waals surface area contributed by atoms with E-state index >= 15 is 0 Å². The van der Waals surface area contributed by atoms with E-state index in [9.17, 15) is 0 Å². The summed E-state index contributed by atoms with van der Waals surface area (Å²) in [7, 11) is 0. The molecule has 1 aliphatic rings. The van der Waals surface area contributed by atoms with Gasteiger partial charge in [0.15, 0.2) is 0 Å². The second kappa shape index (κ2) is 7.03. The van der Waals surface area contributed by atoms with Crippen LogP contribution in [0.4, 0.5) is 0 Å². The topological polar surface area (TPSA) is 12.0 Å². The van der Waals surface area contributed by atoms with Crippen LogP contribution in [0.25, 0.3) is 0 Å². The highest BCUT2D eigenvalue weighted by Crippen LogP contribution is 2.49. The zero-order valence-corrected chi connectivity index (χ0v) is 15.4. The van der Waals surface area contributed by atoms with Crippen LogP contribution in [0.15, 0.2) is 36.4 Å². The van der Waals surface area contributed by atoms with Crippen LogP contribution in [-0.2, 0) is 18.4 Å². The van der Waals surface area contributed by atoms with Gasteiger partial charge in [-0.3, -0.25) is 0 Å². The van der Waals surface area contributed by atoms with Crippen molar-refractivity contribution in [1.82, 2.24) is 5.32 Å². The first kappa shape index (κ1) is 17.1. The Labute approximate surface area is 152 Å². The van der Waals surface area contributed by atoms with Gasteiger partial charge in [0.2, 0.25) is 0 Å². The number of benzene rings is 2. The summed E-state index contributed by atoms with van der Waals surface area (Å²) in [5, 5.41) is 5.56. The van der Waals surface area contributed by atoms with E-state index in [1.165, 1.54) is 29.5 Å². The fraction of sp³-hybridized carbons (Fsp3) is 0.368. The van der Waals surface area contributed by atoms with Crippen molar-refractivity contribution in [3.05, 3.63) is 68.2 Å². The van der Waals surface area contributed by atoms with Crippen LogP contribution >= 0.6 is 34.8 Å². The van der Waals surface area contributed by atoms with E-state index in [4.69, 9.17) is 34.8 Å². The fourth-order valence-electron chi connectivity index (χ4n) is 2.78. The van der Waals surface area contributed by atoms with E-state index in [2.05, 4.69) is 30.4 Å². The second-order valence-electron chi connectivity index (χ2n) is 6.55. The quantitative estimate of drug-likeness (QED) is 0.614. The monoisotopic (exact) mass is 367 g/mol. The van der Waals surface area contributed by atoms with Crippen molar-refractivity contribution in [3.63, 3.8) is 0 Å². The molecule has 0 spiro atoms. The van der Waals surface area contributed by atoms with Gasteiger partial charge in [0, 0.05) is 11.6 Å². The van der Waals surface area contributed by atoms with E-state index in [0.717, 1.165) is 24.5 Å². The number of nitrogens with one attached hydrogen (secondary N) is 1. The molecular formula is C19H20Cl3N. The van der Waals surface area contributed by atoms with Crippen LogP contribution in [0.1, 0.15) is 36.5 Å². The number of halogens is 3. The molecule has 0 aliphatic heterocycles. The summed E-state index contributed by atoms with van der Waals surface area (Å²) >= 11 is 18.4. The standard InChI is InChI=1S/C19H20Cl3N/c1-19(7-8-19)15-4-2-14(11-17(15)21)12-23-9-6-13-3-5-16(20)18(22)10-13/h2-5,10-11,23H,6-9,12H2,1H3. The van der Waals surface area contributed by atoms with Crippen LogP contribution in [0.5, 0.6) is 0 Å². The van der Waals surface area contributed by atoms with Gasteiger partial charge < -0.3 is 5.32 Å². The summed E-state index contributed by atoms with van der Waals surface area (Å²) in [6.07, 6.45) is 3.41. The molecule has 1 aliphatic carbocycles. The highest BCUT2D eigenvalue weighted by Gasteiger charge is 2.40. The Kier molecular flexibility index (Phi) is 5.22. The van der Waals surface area contributed by atoms with Crippen molar-refractivity contribution >= 4 is 34.8 Å². The molecule has 0 heterocycles. The fourth-order valence-corrected chi connectivity index (χ4v) is 3.53. The van der Waals surface area contributed by atoms with Crippen LogP contribution in [-0.4, -0.2) is 6.54 Å². The van der Waals surface area contributed by atoms with Crippen LogP contribution in [0.2, 0.25) is 15.1 Å². The molecule has 3 rings (SSSR count). The molecular weight excluding hydrogens is 349 g/mol. The summed E-state index contributed by atoms with van der Waals surface area (Å²) in [5.41, 5.74) is 4.01. The van der Waals surface area contributed by atoms with Crippen molar-refractivity contribution < 1.29 is 0 Å². The molecule has 0 atom stereocenters. The Morgan fingerprint density at radius 1 is 0.913 bits per heavy atom. The van der Waals surface area contributed by atoms with Crippen molar-refractivity contribution in [2.24, 2.45) is 0 Å². The minimum Gasteiger partial charge on any atom is -0.312 e. The molecule has 23 heavy (non-hydrogen) atoms. The van der Waals surface area contributed by atoms with Gasteiger partial charge in [-0.05, 0) is 66.1 Å². The molecule has 0 unspecified atom stereocenters. The van der Waals surface area contributed by atoms with Gasteiger partial charge in [0.1, 0.15) is 0 Å². The van der Waals surface area contributed by atoms with Crippen LogP contribution in [0.3, 0.4) is 0 Å². The van der Waals surface area contributed by atoms with Crippen LogP contribution in [0, 0.1) is 0 Å². The third-order valence-electron chi connectivity index (χ3n) is 4.59. The van der Waals surface area contributed by atoms with E-state index in [0.29, 0.717) is 15.5 Å². The van der Waals surface area contributed by atoms with Crippen molar-refractivity contribution in [3.8, 4) is 0 Å². The highest BCUT2D eigenvalue weighted by atomic mass is 35.5. The molecule has 2 aromatic carbocycles. The van der Waals surface area contributed by atoms with Gasteiger partial charge >= 0.3 is 0 Å². The molecule has 0 saturated heterocycles. The summed E-state index contributed by atoms with van der Waals surface area (Å²) in [6.45, 7) is 3.98. The average molecular weight is 369 g/mol. The lowest BCUT2D eigenvalue weighted by Crippen LogP contribution is -2.17. The van der Waals surface area contributed by atoms with Gasteiger partial charge in [0.25, 0.3) is 0 Å². The first-order valence-electron chi connectivity index (χ1n) is 7.91. The minimum absolute atomic E-state index is 0.316. The Hall–Kier alpha value is -0.730. The molecule has 1 fully saturated rings. The van der Waals surface area contributed by atoms with E-state index in [1.807, 2.05) is 18.2 Å². The maximum Gasteiger partial charge on any atom is 0.0595 e. The van der Waals surface area contributed by atoms with Gasteiger partial charge in [-0.1, -0.05) is 59.9 Å². The lowest BCUT2D eigenvalue weighted by atomic mass is 9.97. The summed E-state index contributed by atoms with van der Waals surface area (Å²) in [6, 6.07) is 12.2. The van der Waals surface area contributed by atoms with E-state index < -0.39 is 0 Å². The normalized spacial score (nSPS) is 15.7. The minimum atomic E-state index is 0.316. The number of hydrogen-bond donors (Lipinski definition) is 1. The molecule has 0 radical (unpaired) electrons. The third kappa shape index (κ3) is 4.22. The van der Waals surface area contributed by atoms with E-state index in [-0.39, 0.29) is 0 Å². The predicted octanol–water partition coefficient (Wildman–Crippen LogP) is 6.03. The Bertz CT molecular complexity index is 708. The largest absolute Gasteiger partial charge is 0.312 e. The third-order valence-corrected chi connectivity index (χ3v) is 5.64. The lowest BCUT2D eigenvalue weighted by molar-refractivity contribution is 0.686. The van der Waals surface area contributed by atoms with Gasteiger partial charge in [0.05, 0.1) is 10.0 Å². The van der Waals surface area contributed by atoms with Gasteiger partial charge in [-0.15, -0.1) is 0 Å². The molecule has 122 valence electrons. The highest BCUT2D eigenvalue weighted by molar-refractivity contribution is 6.42. The zero-order valence-electron chi connectivity index (χ0n) is 13.1. The summed E-state index contributed by atoms with van der Waals surface area (Å²) in [4.78, 5) is 0. The Morgan fingerprint density at radius 2 is 1.61 bits per heavy atom. The molecule has 0 amide bonds. The predicted molar refractivity (Wildman–Crippen MR) is 99.9 cm³/mol. The van der Waals surface area contributed by atoms with Crippen LogP contribution < -0.4 is 5.32 Å². The summed E-state index contributed by atoms with van der Waals surface area (Å²) < 4.78 is 0. The first-order chi connectivity index (χ1) is 11.0. The molecule has 0 aromatic heterocycles. The van der Waals surface area contributed by atoms with E-state index in [1.54, 1.807) is 0 Å². The average Bonchev–Trinajstić information content (AvgIpc) is 3.26.